The third kappa shape index (κ3) is 1.49. The molecule has 2 heteroatoms. The van der Waals surface area contributed by atoms with Crippen LogP contribution in [0.25, 0.3) is 0 Å². The van der Waals surface area contributed by atoms with E-state index < -0.39 is 6.08 Å². The van der Waals surface area contributed by atoms with Crippen LogP contribution >= 0.6 is 0 Å². The average Bonchev–Trinajstić information content (AvgIpc) is 1.90. The van der Waals surface area contributed by atoms with Crippen molar-refractivity contribution in [3.63, 3.8) is 0 Å². The Morgan fingerprint density at radius 1 is 1.33 bits per heavy atom. The van der Waals surface area contributed by atoms with Crippen LogP contribution in [0.5, 0.6) is 0 Å². The number of hydrogen-bond acceptors (Lipinski definition) is 0. The summed E-state index contributed by atoms with van der Waals surface area (Å²) in [5.41, 5.74) is 0.123. The van der Waals surface area contributed by atoms with E-state index in [9.17, 15) is 8.78 Å². The molecule has 0 saturated heterocycles. The molecule has 0 spiro atoms. The highest BCUT2D eigenvalue weighted by molar-refractivity contribution is 5.29. The SMILES string of the molecule is FC(F)=C1C=CC=CC1. The van der Waals surface area contributed by atoms with Crippen molar-refractivity contribution in [2.75, 3.05) is 0 Å². The molecule has 0 unspecified atom stereocenters. The lowest BCUT2D eigenvalue weighted by atomic mass is 10.1. The van der Waals surface area contributed by atoms with Gasteiger partial charge in [0.05, 0.1) is 0 Å². The van der Waals surface area contributed by atoms with Crippen LogP contribution in [0.4, 0.5) is 8.78 Å². The molecular formula is C7H6F2. The molecule has 0 atom stereocenters. The third-order valence-electron chi connectivity index (χ3n) is 1.13. The van der Waals surface area contributed by atoms with Gasteiger partial charge in [0, 0.05) is 5.57 Å². The molecule has 1 aliphatic rings. The van der Waals surface area contributed by atoms with Crippen LogP contribution in [0.15, 0.2) is 36.0 Å². The van der Waals surface area contributed by atoms with E-state index in [1.165, 1.54) is 6.08 Å². The van der Waals surface area contributed by atoms with E-state index in [-0.39, 0.29) is 5.57 Å². The molecule has 0 aliphatic heterocycles. The molecule has 1 aliphatic carbocycles. The molecule has 0 aromatic carbocycles. The summed E-state index contributed by atoms with van der Waals surface area (Å²) in [6.45, 7) is 0. The number of halogens is 2. The number of hydrogen-bond donors (Lipinski definition) is 0. The predicted molar refractivity (Wildman–Crippen MR) is 32.1 cm³/mol. The van der Waals surface area contributed by atoms with Crippen molar-refractivity contribution in [2.24, 2.45) is 0 Å². The van der Waals surface area contributed by atoms with Gasteiger partial charge in [-0.15, -0.1) is 0 Å². The summed E-state index contributed by atoms with van der Waals surface area (Å²) in [7, 11) is 0. The largest absolute Gasteiger partial charge is 0.273 e. The first-order valence-corrected chi connectivity index (χ1v) is 2.68. The van der Waals surface area contributed by atoms with Crippen molar-refractivity contribution in [3.05, 3.63) is 36.0 Å². The minimum Gasteiger partial charge on any atom is -0.173 e. The lowest BCUT2D eigenvalue weighted by Gasteiger charge is -1.97. The van der Waals surface area contributed by atoms with Crippen molar-refractivity contribution in [1.29, 1.82) is 0 Å². The van der Waals surface area contributed by atoms with Crippen LogP contribution < -0.4 is 0 Å². The van der Waals surface area contributed by atoms with E-state index in [0.717, 1.165) is 0 Å². The zero-order valence-electron chi connectivity index (χ0n) is 4.77. The summed E-state index contributed by atoms with van der Waals surface area (Å²) < 4.78 is 23.4. The molecule has 0 bridgehead atoms. The molecular weight excluding hydrogens is 122 g/mol. The second-order valence-corrected chi connectivity index (χ2v) is 1.78. The van der Waals surface area contributed by atoms with Gasteiger partial charge >= 0.3 is 0 Å². The first-order chi connectivity index (χ1) is 4.30. The molecule has 48 valence electrons. The fourth-order valence-corrected chi connectivity index (χ4v) is 0.653. The van der Waals surface area contributed by atoms with Crippen molar-refractivity contribution in [3.8, 4) is 0 Å². The Balaban J connectivity index is 2.78. The zero-order chi connectivity index (χ0) is 6.69. The van der Waals surface area contributed by atoms with E-state index in [1.54, 1.807) is 18.2 Å². The molecule has 0 saturated carbocycles. The van der Waals surface area contributed by atoms with Crippen LogP contribution in [0.3, 0.4) is 0 Å². The lowest BCUT2D eigenvalue weighted by molar-refractivity contribution is 0.413. The van der Waals surface area contributed by atoms with E-state index in [4.69, 9.17) is 0 Å². The third-order valence-corrected chi connectivity index (χ3v) is 1.13. The molecule has 0 fully saturated rings. The molecule has 0 aromatic rings. The number of rotatable bonds is 0. The van der Waals surface area contributed by atoms with Crippen molar-refractivity contribution in [2.45, 2.75) is 6.42 Å². The smallest absolute Gasteiger partial charge is 0.173 e. The van der Waals surface area contributed by atoms with E-state index in [0.29, 0.717) is 6.42 Å². The van der Waals surface area contributed by atoms with Crippen LogP contribution in [0, 0.1) is 0 Å². The van der Waals surface area contributed by atoms with Gasteiger partial charge in [-0.2, -0.15) is 8.78 Å². The normalized spacial score (nSPS) is 16.4. The lowest BCUT2D eigenvalue weighted by Crippen LogP contribution is -1.80. The van der Waals surface area contributed by atoms with Gasteiger partial charge in [0.1, 0.15) is 0 Å². The Hall–Kier alpha value is -0.920. The van der Waals surface area contributed by atoms with Gasteiger partial charge in [-0.1, -0.05) is 24.3 Å². The molecule has 0 heterocycles. The minimum absolute atomic E-state index is 0.123. The van der Waals surface area contributed by atoms with Gasteiger partial charge in [-0.05, 0) is 6.42 Å². The Kier molecular flexibility index (Phi) is 1.78. The first kappa shape index (κ1) is 6.20. The van der Waals surface area contributed by atoms with Crippen LogP contribution in [-0.2, 0) is 0 Å². The van der Waals surface area contributed by atoms with Gasteiger partial charge < -0.3 is 0 Å². The van der Waals surface area contributed by atoms with E-state index in [2.05, 4.69) is 0 Å². The summed E-state index contributed by atoms with van der Waals surface area (Å²) in [6.07, 6.45) is 5.28. The second kappa shape index (κ2) is 2.58. The molecule has 0 nitrogen and oxygen atoms in total. The van der Waals surface area contributed by atoms with Crippen molar-refractivity contribution < 1.29 is 8.78 Å². The number of allylic oxidation sites excluding steroid dienone is 5. The summed E-state index contributed by atoms with van der Waals surface area (Å²) in [5, 5.41) is 0. The molecule has 9 heavy (non-hydrogen) atoms. The van der Waals surface area contributed by atoms with Crippen molar-refractivity contribution in [1.82, 2.24) is 0 Å². The summed E-state index contributed by atoms with van der Waals surface area (Å²) >= 11 is 0. The molecule has 0 amide bonds. The highest BCUT2D eigenvalue weighted by atomic mass is 19.3. The topological polar surface area (TPSA) is 0 Å². The maximum Gasteiger partial charge on any atom is 0.273 e. The Morgan fingerprint density at radius 2 is 2.11 bits per heavy atom. The second-order valence-electron chi connectivity index (χ2n) is 1.78. The Morgan fingerprint density at radius 3 is 2.44 bits per heavy atom. The summed E-state index contributed by atoms with van der Waals surface area (Å²) in [6, 6.07) is 0. The maximum absolute atomic E-state index is 11.7. The van der Waals surface area contributed by atoms with E-state index >= 15 is 0 Å². The quantitative estimate of drug-likeness (QED) is 0.470. The fourth-order valence-electron chi connectivity index (χ4n) is 0.653. The Bertz CT molecular complexity index is 183. The van der Waals surface area contributed by atoms with Gasteiger partial charge in [-0.25, -0.2) is 0 Å². The molecule has 0 aromatic heterocycles. The van der Waals surface area contributed by atoms with Gasteiger partial charge in [0.2, 0.25) is 0 Å². The molecule has 0 N–H and O–H groups in total. The van der Waals surface area contributed by atoms with Crippen molar-refractivity contribution >= 4 is 0 Å². The highest BCUT2D eigenvalue weighted by Gasteiger charge is 2.00. The van der Waals surface area contributed by atoms with Gasteiger partial charge in [0.15, 0.2) is 0 Å². The fraction of sp³-hybridized carbons (Fsp3) is 0.143. The predicted octanol–water partition coefficient (Wildman–Crippen LogP) is 2.65. The summed E-state index contributed by atoms with van der Waals surface area (Å²) in [5.74, 6) is 0. The van der Waals surface area contributed by atoms with Crippen LogP contribution in [-0.4, -0.2) is 0 Å². The highest BCUT2D eigenvalue weighted by Crippen LogP contribution is 2.16. The minimum atomic E-state index is -1.57. The average molecular weight is 128 g/mol. The van der Waals surface area contributed by atoms with Crippen LogP contribution in [0.2, 0.25) is 0 Å². The monoisotopic (exact) mass is 128 g/mol. The summed E-state index contributed by atoms with van der Waals surface area (Å²) in [4.78, 5) is 0. The standard InChI is InChI=1S/C7H6F2/c8-7(9)6-4-2-1-3-5-6/h1-4H,5H2. The van der Waals surface area contributed by atoms with Gasteiger partial charge in [0.25, 0.3) is 6.08 Å². The molecule has 1 rings (SSSR count). The molecule has 0 radical (unpaired) electrons. The van der Waals surface area contributed by atoms with Crippen LogP contribution in [0.1, 0.15) is 6.42 Å². The maximum atomic E-state index is 11.7. The Labute approximate surface area is 52.2 Å². The van der Waals surface area contributed by atoms with Gasteiger partial charge in [-0.3, -0.25) is 0 Å². The first-order valence-electron chi connectivity index (χ1n) is 2.68. The zero-order valence-corrected chi connectivity index (χ0v) is 4.77. The van der Waals surface area contributed by atoms with E-state index in [1.807, 2.05) is 0 Å².